The van der Waals surface area contributed by atoms with E-state index >= 15 is 0 Å². The Kier molecular flexibility index (Phi) is 3.71. The Morgan fingerprint density at radius 3 is 2.70 bits per heavy atom. The van der Waals surface area contributed by atoms with Crippen LogP contribution in [0.3, 0.4) is 0 Å². The zero-order valence-corrected chi connectivity index (χ0v) is 12.2. The number of para-hydroxylation sites is 1. The summed E-state index contributed by atoms with van der Waals surface area (Å²) in [5.41, 5.74) is 0.0304. The van der Waals surface area contributed by atoms with Crippen LogP contribution >= 0.6 is 0 Å². The maximum atomic E-state index is 12.2. The summed E-state index contributed by atoms with van der Waals surface area (Å²) in [5.74, 6) is -0.0222. The van der Waals surface area contributed by atoms with Gasteiger partial charge in [-0.25, -0.2) is 10.1 Å². The van der Waals surface area contributed by atoms with Crippen molar-refractivity contribution in [2.24, 2.45) is 0 Å². The molecule has 3 rings (SSSR count). The first-order valence-corrected chi connectivity index (χ1v) is 6.84. The number of carbonyl (C=O) groups excluding carboxylic acids is 1. The van der Waals surface area contributed by atoms with Gasteiger partial charge in [0.1, 0.15) is 11.5 Å². The van der Waals surface area contributed by atoms with Gasteiger partial charge in [-0.1, -0.05) is 12.1 Å². The predicted molar refractivity (Wildman–Crippen MR) is 83.0 cm³/mol. The van der Waals surface area contributed by atoms with Gasteiger partial charge in [-0.2, -0.15) is 5.10 Å². The molecule has 2 aromatic heterocycles. The van der Waals surface area contributed by atoms with Gasteiger partial charge in [0.2, 0.25) is 0 Å². The summed E-state index contributed by atoms with van der Waals surface area (Å²) in [5, 5.41) is 6.39. The molecule has 23 heavy (non-hydrogen) atoms. The number of amides is 1. The number of aromatic amines is 2. The summed E-state index contributed by atoms with van der Waals surface area (Å²) >= 11 is 0. The highest BCUT2D eigenvalue weighted by Crippen LogP contribution is 2.07. The van der Waals surface area contributed by atoms with Gasteiger partial charge in [0, 0.05) is 13.1 Å². The standard InChI is InChI=1S/C15H13N5O3/c1-20(15(23)11-6-7-13(21)19-18-11)8-12-16-10-5-3-2-4-9(10)14(22)17-12/h2-7H,8H2,1H3,(H,19,21)(H,16,17,22). The molecule has 2 heterocycles. The van der Waals surface area contributed by atoms with E-state index in [-0.39, 0.29) is 23.4 Å². The number of aromatic nitrogens is 4. The molecule has 0 saturated carbocycles. The van der Waals surface area contributed by atoms with Crippen molar-refractivity contribution >= 4 is 16.8 Å². The van der Waals surface area contributed by atoms with Crippen molar-refractivity contribution in [3.8, 4) is 0 Å². The fourth-order valence-electron chi connectivity index (χ4n) is 2.17. The fraction of sp³-hybridized carbons (Fsp3) is 0.133. The third kappa shape index (κ3) is 3.00. The van der Waals surface area contributed by atoms with Gasteiger partial charge in [0.25, 0.3) is 17.0 Å². The van der Waals surface area contributed by atoms with Crippen LogP contribution in [-0.2, 0) is 6.54 Å². The summed E-state index contributed by atoms with van der Waals surface area (Å²) in [4.78, 5) is 43.6. The lowest BCUT2D eigenvalue weighted by Crippen LogP contribution is -2.29. The minimum atomic E-state index is -0.392. The van der Waals surface area contributed by atoms with Crippen LogP contribution in [0.5, 0.6) is 0 Å². The molecule has 3 aromatic rings. The number of H-pyrrole nitrogens is 2. The highest BCUT2D eigenvalue weighted by atomic mass is 16.2. The van der Waals surface area contributed by atoms with Crippen LogP contribution in [0.1, 0.15) is 16.3 Å². The van der Waals surface area contributed by atoms with Crippen LogP contribution in [0.4, 0.5) is 0 Å². The minimum absolute atomic E-state index is 0.107. The summed E-state index contributed by atoms with van der Waals surface area (Å²) in [6.07, 6.45) is 0. The quantitative estimate of drug-likeness (QED) is 0.721. The second kappa shape index (κ2) is 5.84. The van der Waals surface area contributed by atoms with Gasteiger partial charge in [-0.3, -0.25) is 14.4 Å². The van der Waals surface area contributed by atoms with Crippen LogP contribution in [-0.4, -0.2) is 38.0 Å². The van der Waals surface area contributed by atoms with E-state index in [0.717, 1.165) is 0 Å². The summed E-state index contributed by atoms with van der Waals surface area (Å²) < 4.78 is 0. The van der Waals surface area contributed by atoms with Crippen LogP contribution in [0, 0.1) is 0 Å². The highest BCUT2D eigenvalue weighted by molar-refractivity contribution is 5.91. The zero-order chi connectivity index (χ0) is 16.4. The first kappa shape index (κ1) is 14.6. The Bertz CT molecular complexity index is 972. The Hall–Kier alpha value is -3.29. The highest BCUT2D eigenvalue weighted by Gasteiger charge is 2.15. The molecule has 0 aliphatic heterocycles. The number of nitrogens with one attached hydrogen (secondary N) is 2. The number of rotatable bonds is 3. The van der Waals surface area contributed by atoms with Crippen molar-refractivity contribution in [1.29, 1.82) is 0 Å². The minimum Gasteiger partial charge on any atom is -0.333 e. The van der Waals surface area contributed by atoms with Crippen LogP contribution < -0.4 is 11.1 Å². The Morgan fingerprint density at radius 2 is 1.96 bits per heavy atom. The molecule has 116 valence electrons. The van der Waals surface area contributed by atoms with E-state index < -0.39 is 5.91 Å². The van der Waals surface area contributed by atoms with E-state index in [1.54, 1.807) is 31.3 Å². The van der Waals surface area contributed by atoms with Crippen molar-refractivity contribution in [3.05, 3.63) is 68.6 Å². The van der Waals surface area contributed by atoms with E-state index in [9.17, 15) is 14.4 Å². The summed E-state index contributed by atoms with van der Waals surface area (Å²) in [7, 11) is 1.56. The molecule has 0 aliphatic carbocycles. The third-order valence-corrected chi connectivity index (χ3v) is 3.29. The fourth-order valence-corrected chi connectivity index (χ4v) is 2.17. The lowest BCUT2D eigenvalue weighted by molar-refractivity contribution is 0.0774. The van der Waals surface area contributed by atoms with Crippen LogP contribution in [0.2, 0.25) is 0 Å². The van der Waals surface area contributed by atoms with Crippen molar-refractivity contribution < 1.29 is 4.79 Å². The van der Waals surface area contributed by atoms with Gasteiger partial charge in [0.05, 0.1) is 17.4 Å². The SMILES string of the molecule is CN(Cc1nc2ccccc2c(=O)[nH]1)C(=O)c1ccc(=O)[nH]n1. The summed E-state index contributed by atoms with van der Waals surface area (Å²) in [6, 6.07) is 9.54. The first-order chi connectivity index (χ1) is 11.0. The van der Waals surface area contributed by atoms with E-state index in [1.807, 2.05) is 0 Å². The lowest BCUT2D eigenvalue weighted by Gasteiger charge is -2.15. The van der Waals surface area contributed by atoms with Crippen LogP contribution in [0.15, 0.2) is 46.0 Å². The molecule has 0 saturated heterocycles. The molecule has 0 radical (unpaired) electrons. The van der Waals surface area contributed by atoms with Crippen molar-refractivity contribution in [3.63, 3.8) is 0 Å². The van der Waals surface area contributed by atoms with Gasteiger partial charge in [-0.15, -0.1) is 0 Å². The maximum absolute atomic E-state index is 12.2. The average Bonchev–Trinajstić information content (AvgIpc) is 2.55. The normalized spacial score (nSPS) is 10.7. The van der Waals surface area contributed by atoms with Gasteiger partial charge in [0.15, 0.2) is 0 Å². The predicted octanol–water partition coefficient (Wildman–Crippen LogP) is 0.279. The molecule has 0 unspecified atom stereocenters. The number of hydrogen-bond acceptors (Lipinski definition) is 5. The molecule has 0 fully saturated rings. The Morgan fingerprint density at radius 1 is 1.17 bits per heavy atom. The van der Waals surface area contributed by atoms with Crippen molar-refractivity contribution in [2.45, 2.75) is 6.54 Å². The van der Waals surface area contributed by atoms with E-state index in [1.165, 1.54) is 17.0 Å². The molecule has 0 aliphatic rings. The molecule has 1 aromatic carbocycles. The largest absolute Gasteiger partial charge is 0.333 e. The second-order valence-corrected chi connectivity index (χ2v) is 5.00. The maximum Gasteiger partial charge on any atom is 0.274 e. The molecule has 0 atom stereocenters. The van der Waals surface area contributed by atoms with Crippen LogP contribution in [0.25, 0.3) is 10.9 Å². The lowest BCUT2D eigenvalue weighted by atomic mass is 10.2. The Labute approximate surface area is 129 Å². The van der Waals surface area contributed by atoms with Gasteiger partial charge >= 0.3 is 0 Å². The molecule has 2 N–H and O–H groups in total. The van der Waals surface area contributed by atoms with Gasteiger partial charge in [-0.05, 0) is 18.2 Å². The molecule has 8 heteroatoms. The number of fused-ring (bicyclic) bond motifs is 1. The molecular formula is C15H13N5O3. The van der Waals surface area contributed by atoms with Crippen molar-refractivity contribution in [1.82, 2.24) is 25.1 Å². The molecule has 1 amide bonds. The molecule has 8 nitrogen and oxygen atoms in total. The number of hydrogen-bond donors (Lipinski definition) is 2. The average molecular weight is 311 g/mol. The molecular weight excluding hydrogens is 298 g/mol. The number of benzene rings is 1. The topological polar surface area (TPSA) is 112 Å². The smallest absolute Gasteiger partial charge is 0.274 e. The van der Waals surface area contributed by atoms with E-state index in [2.05, 4.69) is 20.2 Å². The Balaban J connectivity index is 1.86. The molecule has 0 bridgehead atoms. The van der Waals surface area contributed by atoms with E-state index in [0.29, 0.717) is 16.7 Å². The summed E-state index contributed by atoms with van der Waals surface area (Å²) in [6.45, 7) is 0.111. The second-order valence-electron chi connectivity index (χ2n) is 5.00. The number of carbonyl (C=O) groups is 1. The third-order valence-electron chi connectivity index (χ3n) is 3.29. The zero-order valence-electron chi connectivity index (χ0n) is 12.2. The molecule has 0 spiro atoms. The van der Waals surface area contributed by atoms with Gasteiger partial charge < -0.3 is 9.88 Å². The van der Waals surface area contributed by atoms with Crippen molar-refractivity contribution in [2.75, 3.05) is 7.05 Å². The number of nitrogens with zero attached hydrogens (tertiary/aromatic N) is 3. The van der Waals surface area contributed by atoms with E-state index in [4.69, 9.17) is 0 Å². The first-order valence-electron chi connectivity index (χ1n) is 6.84. The monoisotopic (exact) mass is 311 g/mol.